The van der Waals surface area contributed by atoms with Crippen LogP contribution < -0.4 is 5.73 Å². The normalized spacial score (nSPS) is 15.7. The molecule has 2 N–H and O–H groups in total. The van der Waals surface area contributed by atoms with Crippen molar-refractivity contribution in [2.45, 2.75) is 12.8 Å². The van der Waals surface area contributed by atoms with Gasteiger partial charge in [0.05, 0.1) is 11.6 Å². The quantitative estimate of drug-likeness (QED) is 0.821. The molecule has 0 radical (unpaired) electrons. The Morgan fingerprint density at radius 3 is 2.21 bits per heavy atom. The highest BCUT2D eigenvalue weighted by Crippen LogP contribution is 2.11. The van der Waals surface area contributed by atoms with Gasteiger partial charge in [0.2, 0.25) is 5.91 Å². The average molecular weight is 350 g/mol. The third-order valence-electron chi connectivity index (χ3n) is 3.90. The van der Waals surface area contributed by atoms with Crippen LogP contribution in [-0.2, 0) is 21.2 Å². The molecule has 0 bridgehead atoms. The third-order valence-corrected chi connectivity index (χ3v) is 5.45. The Balaban J connectivity index is 1.84. The van der Waals surface area contributed by atoms with E-state index in [1.54, 1.807) is 17.0 Å². The Morgan fingerprint density at radius 1 is 1.12 bits per heavy atom. The fourth-order valence-electron chi connectivity index (χ4n) is 2.46. The number of benzene rings is 1. The predicted molar refractivity (Wildman–Crippen MR) is 86.1 cm³/mol. The van der Waals surface area contributed by atoms with Gasteiger partial charge >= 0.3 is 5.24 Å². The first-order valence-corrected chi connectivity index (χ1v) is 8.85. The molecule has 0 unspecified atom stereocenters. The number of carbonyl (C=O) groups excluding carboxylic acids is 2. The number of hydrogen-bond acceptors (Lipinski definition) is 5. The van der Waals surface area contributed by atoms with Crippen molar-refractivity contribution in [2.24, 2.45) is 5.73 Å². The van der Waals surface area contributed by atoms with Crippen LogP contribution in [0.5, 0.6) is 0 Å². The second-order valence-corrected chi connectivity index (χ2v) is 7.28. The van der Waals surface area contributed by atoms with Gasteiger partial charge in [-0.15, -0.1) is 0 Å². The van der Waals surface area contributed by atoms with Gasteiger partial charge in [-0.25, -0.2) is 8.42 Å². The van der Waals surface area contributed by atoms with Crippen molar-refractivity contribution in [3.05, 3.63) is 35.4 Å². The minimum absolute atomic E-state index is 0.0634. The van der Waals surface area contributed by atoms with E-state index < -0.39 is 15.3 Å². The first-order valence-electron chi connectivity index (χ1n) is 7.41. The summed E-state index contributed by atoms with van der Waals surface area (Å²) in [7, 11) is -4.10. The molecule has 1 aliphatic rings. The van der Waals surface area contributed by atoms with E-state index >= 15 is 0 Å². The van der Waals surface area contributed by atoms with Crippen LogP contribution in [0.1, 0.15) is 17.5 Å². The molecule has 0 atom stereocenters. The number of nitrogens with two attached hydrogens (primary N) is 1. The monoisotopic (exact) mass is 350 g/mol. The number of nitriles is 1. The number of nitrogens with zero attached hydrogens (tertiary/aromatic N) is 3. The summed E-state index contributed by atoms with van der Waals surface area (Å²) < 4.78 is 24.3. The van der Waals surface area contributed by atoms with Crippen LogP contribution in [0.3, 0.4) is 0 Å². The van der Waals surface area contributed by atoms with E-state index in [4.69, 9.17) is 11.0 Å². The zero-order valence-corrected chi connectivity index (χ0v) is 13.8. The lowest BCUT2D eigenvalue weighted by Gasteiger charge is -2.33. The van der Waals surface area contributed by atoms with Crippen molar-refractivity contribution in [2.75, 3.05) is 26.2 Å². The number of piperazine rings is 1. The van der Waals surface area contributed by atoms with Gasteiger partial charge in [0.15, 0.2) is 0 Å². The minimum Gasteiger partial charge on any atom is -0.355 e. The number of primary amides is 1. The Hall–Kier alpha value is -2.44. The molecule has 128 valence electrons. The Morgan fingerprint density at radius 2 is 1.71 bits per heavy atom. The topological polar surface area (TPSA) is 125 Å². The summed E-state index contributed by atoms with van der Waals surface area (Å²) in [5.41, 5.74) is 6.38. The smallest absolute Gasteiger partial charge is 0.349 e. The van der Waals surface area contributed by atoms with Crippen LogP contribution >= 0.6 is 0 Å². The molecule has 8 nitrogen and oxygen atoms in total. The van der Waals surface area contributed by atoms with E-state index in [1.165, 1.54) is 0 Å². The van der Waals surface area contributed by atoms with Crippen molar-refractivity contribution in [1.82, 2.24) is 9.21 Å². The number of sulfonamides is 1. The lowest BCUT2D eigenvalue weighted by atomic mass is 10.1. The highest BCUT2D eigenvalue weighted by molar-refractivity contribution is 8.03. The lowest BCUT2D eigenvalue weighted by molar-refractivity contribution is -0.132. The molecular formula is C15H18N4O4S. The molecular weight excluding hydrogens is 332 g/mol. The van der Waals surface area contributed by atoms with Crippen molar-refractivity contribution in [3.8, 4) is 6.07 Å². The Bertz CT molecular complexity index is 760. The molecule has 2 rings (SSSR count). The van der Waals surface area contributed by atoms with Crippen LogP contribution in [0.15, 0.2) is 24.3 Å². The van der Waals surface area contributed by atoms with Gasteiger partial charge in [-0.3, -0.25) is 9.59 Å². The third kappa shape index (κ3) is 4.10. The number of amides is 2. The Labute approximate surface area is 140 Å². The van der Waals surface area contributed by atoms with E-state index in [-0.39, 0.29) is 32.1 Å². The van der Waals surface area contributed by atoms with E-state index in [0.717, 1.165) is 9.87 Å². The average Bonchev–Trinajstić information content (AvgIpc) is 2.60. The second kappa shape index (κ2) is 7.42. The van der Waals surface area contributed by atoms with E-state index in [2.05, 4.69) is 0 Å². The molecule has 0 aliphatic carbocycles. The zero-order valence-electron chi connectivity index (χ0n) is 13.0. The molecule has 1 saturated heterocycles. The van der Waals surface area contributed by atoms with E-state index in [9.17, 15) is 18.0 Å². The second-order valence-electron chi connectivity index (χ2n) is 5.41. The minimum atomic E-state index is -4.10. The van der Waals surface area contributed by atoms with Crippen LogP contribution in [0.25, 0.3) is 0 Å². The van der Waals surface area contributed by atoms with E-state index in [1.807, 2.05) is 18.2 Å². The highest BCUT2D eigenvalue weighted by Gasteiger charge is 2.32. The number of carbonyl (C=O) groups is 2. The van der Waals surface area contributed by atoms with Crippen molar-refractivity contribution in [3.63, 3.8) is 0 Å². The van der Waals surface area contributed by atoms with Gasteiger partial charge in [-0.2, -0.15) is 9.57 Å². The molecule has 0 saturated carbocycles. The maximum Gasteiger partial charge on any atom is 0.349 e. The van der Waals surface area contributed by atoms with Gasteiger partial charge < -0.3 is 10.6 Å². The molecule has 1 heterocycles. The number of hydrogen-bond donors (Lipinski definition) is 1. The SMILES string of the molecule is N#Cc1ccc(CCC(=O)N2CCN(S(=O)(=O)C(N)=O)CC2)cc1. The molecule has 1 aliphatic heterocycles. The summed E-state index contributed by atoms with van der Waals surface area (Å²) >= 11 is 0. The van der Waals surface area contributed by atoms with Crippen LogP contribution in [0.4, 0.5) is 4.79 Å². The fraction of sp³-hybridized carbons (Fsp3) is 0.400. The molecule has 1 aromatic rings. The molecule has 1 aromatic carbocycles. The zero-order chi connectivity index (χ0) is 17.7. The van der Waals surface area contributed by atoms with Gasteiger partial charge in [0.25, 0.3) is 10.0 Å². The van der Waals surface area contributed by atoms with Crippen LogP contribution in [-0.4, -0.2) is 54.9 Å². The summed E-state index contributed by atoms with van der Waals surface area (Å²) in [5.74, 6) is -0.0736. The molecule has 1 fully saturated rings. The molecule has 0 spiro atoms. The van der Waals surface area contributed by atoms with Crippen LogP contribution in [0, 0.1) is 11.3 Å². The maximum absolute atomic E-state index is 12.2. The summed E-state index contributed by atoms with van der Waals surface area (Å²) in [5, 5.41) is 7.37. The van der Waals surface area contributed by atoms with Gasteiger partial charge in [0.1, 0.15) is 0 Å². The largest absolute Gasteiger partial charge is 0.355 e. The van der Waals surface area contributed by atoms with Gasteiger partial charge in [-0.1, -0.05) is 12.1 Å². The molecule has 0 aromatic heterocycles. The first-order chi connectivity index (χ1) is 11.3. The van der Waals surface area contributed by atoms with Crippen molar-refractivity contribution < 1.29 is 18.0 Å². The first kappa shape index (κ1) is 17.9. The van der Waals surface area contributed by atoms with Crippen molar-refractivity contribution in [1.29, 1.82) is 5.26 Å². The van der Waals surface area contributed by atoms with Crippen LogP contribution in [0.2, 0.25) is 0 Å². The predicted octanol–water partition coefficient (Wildman–Crippen LogP) is 0.0436. The lowest BCUT2D eigenvalue weighted by Crippen LogP contribution is -2.52. The molecule has 2 amide bonds. The van der Waals surface area contributed by atoms with Gasteiger partial charge in [-0.05, 0) is 24.1 Å². The number of aryl methyl sites for hydroxylation is 1. The molecule has 24 heavy (non-hydrogen) atoms. The Kier molecular flexibility index (Phi) is 5.54. The summed E-state index contributed by atoms with van der Waals surface area (Å²) in [6.45, 7) is 0.596. The van der Waals surface area contributed by atoms with Gasteiger partial charge in [0, 0.05) is 32.6 Å². The summed E-state index contributed by atoms with van der Waals surface area (Å²) in [6.07, 6.45) is 0.846. The summed E-state index contributed by atoms with van der Waals surface area (Å²) in [4.78, 5) is 24.7. The van der Waals surface area contributed by atoms with Crippen molar-refractivity contribution >= 4 is 21.2 Å². The molecule has 9 heteroatoms. The highest BCUT2D eigenvalue weighted by atomic mass is 32.2. The number of rotatable bonds is 4. The fourth-order valence-corrected chi connectivity index (χ4v) is 3.36. The maximum atomic E-state index is 12.2. The summed E-state index contributed by atoms with van der Waals surface area (Å²) in [6, 6.07) is 9.05. The standard InChI is InChI=1S/C15H18N4O4S/c16-11-13-3-1-12(2-4-13)5-6-14(20)18-7-9-19(10-8-18)24(22,23)15(17)21/h1-4H,5-10H2,(H2,17,21). The van der Waals surface area contributed by atoms with E-state index in [0.29, 0.717) is 18.4 Å².